The molecule has 1 aromatic heterocycles. The molecule has 1 aliphatic heterocycles. The maximum atomic E-state index is 11.4. The summed E-state index contributed by atoms with van der Waals surface area (Å²) in [6, 6.07) is 16.2. The lowest BCUT2D eigenvalue weighted by Crippen LogP contribution is -2.33. The molecule has 2 N–H and O–H groups in total. The van der Waals surface area contributed by atoms with Crippen molar-refractivity contribution in [2.75, 3.05) is 13.1 Å². The Hall–Kier alpha value is -3.19. The predicted molar refractivity (Wildman–Crippen MR) is 113 cm³/mol. The molecular formula is C23H26N4O3. The molecule has 3 aromatic rings. The first-order chi connectivity index (χ1) is 14.6. The van der Waals surface area contributed by atoms with E-state index in [0.29, 0.717) is 28.9 Å². The van der Waals surface area contributed by atoms with E-state index in [2.05, 4.69) is 39.3 Å². The minimum Gasteiger partial charge on any atom is -0.410 e. The Morgan fingerprint density at radius 3 is 2.60 bits per heavy atom. The first-order valence-corrected chi connectivity index (χ1v) is 10.2. The van der Waals surface area contributed by atoms with Crippen LogP contribution in [0.25, 0.3) is 11.5 Å². The number of nitrogens with zero attached hydrogens (tertiary/aromatic N) is 3. The Labute approximate surface area is 175 Å². The van der Waals surface area contributed by atoms with Gasteiger partial charge < -0.3 is 15.0 Å². The molecule has 1 amide bonds. The van der Waals surface area contributed by atoms with E-state index in [1.807, 2.05) is 18.2 Å². The fraction of sp³-hybridized carbons (Fsp3) is 0.348. The highest BCUT2D eigenvalue weighted by atomic mass is 16.5. The fourth-order valence-electron chi connectivity index (χ4n) is 4.08. The van der Waals surface area contributed by atoms with Crippen molar-refractivity contribution in [1.29, 1.82) is 0 Å². The average molecular weight is 406 g/mol. The number of carbonyl (C=O) groups excluding carboxylic acids is 1. The molecule has 7 heteroatoms. The van der Waals surface area contributed by atoms with Gasteiger partial charge in [-0.15, -0.1) is 0 Å². The van der Waals surface area contributed by atoms with Crippen LogP contribution < -0.4 is 10.5 Å². The van der Waals surface area contributed by atoms with Crippen molar-refractivity contribution in [2.45, 2.75) is 32.7 Å². The quantitative estimate of drug-likeness (QED) is 0.666. The highest BCUT2D eigenvalue weighted by molar-refractivity contribution is 5.75. The van der Waals surface area contributed by atoms with Crippen LogP contribution >= 0.6 is 0 Å². The molecule has 1 fully saturated rings. The van der Waals surface area contributed by atoms with Gasteiger partial charge in [0, 0.05) is 6.54 Å². The Morgan fingerprint density at radius 2 is 1.93 bits per heavy atom. The summed E-state index contributed by atoms with van der Waals surface area (Å²) in [7, 11) is 0. The lowest BCUT2D eigenvalue weighted by molar-refractivity contribution is 0.177. The monoisotopic (exact) mass is 406 g/mol. The second-order valence-corrected chi connectivity index (χ2v) is 7.77. The summed E-state index contributed by atoms with van der Waals surface area (Å²) in [4.78, 5) is 18.2. The van der Waals surface area contributed by atoms with Crippen molar-refractivity contribution in [1.82, 2.24) is 15.0 Å². The molecule has 2 aromatic carbocycles. The third-order valence-corrected chi connectivity index (χ3v) is 5.53. The molecule has 0 radical (unpaired) electrons. The number of piperidine rings is 1. The number of primary amides is 1. The predicted octanol–water partition coefficient (Wildman–Crippen LogP) is 3.96. The zero-order valence-corrected chi connectivity index (χ0v) is 17.1. The van der Waals surface area contributed by atoms with Crippen molar-refractivity contribution >= 4 is 6.09 Å². The van der Waals surface area contributed by atoms with E-state index in [9.17, 15) is 4.79 Å². The topological polar surface area (TPSA) is 94.5 Å². The molecule has 0 aliphatic carbocycles. The van der Waals surface area contributed by atoms with E-state index in [4.69, 9.17) is 15.0 Å². The number of nitrogens with two attached hydrogens (primary N) is 1. The Kier molecular flexibility index (Phi) is 6.09. The van der Waals surface area contributed by atoms with Crippen molar-refractivity contribution in [3.05, 3.63) is 65.5 Å². The van der Waals surface area contributed by atoms with Crippen molar-refractivity contribution in [2.24, 2.45) is 11.7 Å². The largest absolute Gasteiger partial charge is 0.410 e. The molecule has 0 bridgehead atoms. The van der Waals surface area contributed by atoms with Gasteiger partial charge in [-0.2, -0.15) is 4.98 Å². The highest BCUT2D eigenvalue weighted by Crippen LogP contribution is 2.35. The van der Waals surface area contributed by atoms with Crippen LogP contribution in [0, 0.1) is 12.8 Å². The van der Waals surface area contributed by atoms with Crippen molar-refractivity contribution in [3.63, 3.8) is 0 Å². The van der Waals surface area contributed by atoms with Crippen LogP contribution in [-0.2, 0) is 13.0 Å². The van der Waals surface area contributed by atoms with Crippen LogP contribution in [-0.4, -0.2) is 34.2 Å². The van der Waals surface area contributed by atoms with Gasteiger partial charge in [0.25, 0.3) is 5.89 Å². The SMILES string of the molecule is Cc1noc(-c2c(CC3CCN(Cc4ccccc4)CC3)cccc2OC(N)=O)n1. The maximum Gasteiger partial charge on any atom is 0.409 e. The number of carbonyl (C=O) groups is 1. The first kappa shape index (κ1) is 20.1. The third-order valence-electron chi connectivity index (χ3n) is 5.53. The number of hydrogen-bond acceptors (Lipinski definition) is 6. The second-order valence-electron chi connectivity index (χ2n) is 7.77. The van der Waals surface area contributed by atoms with Gasteiger partial charge in [-0.25, -0.2) is 4.79 Å². The summed E-state index contributed by atoms with van der Waals surface area (Å²) in [6.07, 6.45) is 2.21. The summed E-state index contributed by atoms with van der Waals surface area (Å²) in [5.74, 6) is 1.76. The van der Waals surface area contributed by atoms with Crippen LogP contribution in [0.4, 0.5) is 4.79 Å². The number of benzene rings is 2. The normalized spacial score (nSPS) is 15.2. The van der Waals surface area contributed by atoms with Crippen molar-refractivity contribution < 1.29 is 14.1 Å². The van der Waals surface area contributed by atoms with E-state index >= 15 is 0 Å². The van der Waals surface area contributed by atoms with Gasteiger partial charge in [-0.1, -0.05) is 47.6 Å². The smallest absolute Gasteiger partial charge is 0.409 e. The first-order valence-electron chi connectivity index (χ1n) is 10.2. The summed E-state index contributed by atoms with van der Waals surface area (Å²) >= 11 is 0. The van der Waals surface area contributed by atoms with Crippen LogP contribution in [0.3, 0.4) is 0 Å². The standard InChI is InChI=1S/C23H26N4O3/c1-16-25-22(30-26-16)21-19(8-5-9-20(21)29-23(24)28)14-17-10-12-27(13-11-17)15-18-6-3-2-4-7-18/h2-9,17H,10-15H2,1H3,(H2,24,28). The summed E-state index contributed by atoms with van der Waals surface area (Å²) in [5.41, 5.74) is 8.29. The summed E-state index contributed by atoms with van der Waals surface area (Å²) in [6.45, 7) is 4.87. The molecule has 0 atom stereocenters. The van der Waals surface area contributed by atoms with Gasteiger partial charge in [-0.3, -0.25) is 4.90 Å². The zero-order chi connectivity index (χ0) is 20.9. The molecule has 0 spiro atoms. The lowest BCUT2D eigenvalue weighted by Gasteiger charge is -2.32. The molecule has 7 nitrogen and oxygen atoms in total. The van der Waals surface area contributed by atoms with Gasteiger partial charge in [0.2, 0.25) is 0 Å². The molecule has 4 rings (SSSR count). The summed E-state index contributed by atoms with van der Waals surface area (Å²) < 4.78 is 10.6. The van der Waals surface area contributed by atoms with E-state index in [-0.39, 0.29) is 0 Å². The number of likely N-dealkylation sites (tertiary alicyclic amines) is 1. The number of ether oxygens (including phenoxy) is 1. The highest BCUT2D eigenvalue weighted by Gasteiger charge is 2.24. The van der Waals surface area contributed by atoms with E-state index in [1.54, 1.807) is 13.0 Å². The zero-order valence-electron chi connectivity index (χ0n) is 17.1. The second kappa shape index (κ2) is 9.09. The van der Waals surface area contributed by atoms with Gasteiger partial charge in [-0.05, 0) is 62.4 Å². The van der Waals surface area contributed by atoms with Gasteiger partial charge in [0.05, 0.1) is 5.56 Å². The number of aryl methyl sites for hydroxylation is 1. The van der Waals surface area contributed by atoms with Crippen LogP contribution in [0.15, 0.2) is 53.1 Å². The molecule has 30 heavy (non-hydrogen) atoms. The van der Waals surface area contributed by atoms with E-state index < -0.39 is 6.09 Å². The minimum absolute atomic E-state index is 0.348. The van der Waals surface area contributed by atoms with Crippen LogP contribution in [0.5, 0.6) is 5.75 Å². The Balaban J connectivity index is 1.47. The van der Waals surface area contributed by atoms with Crippen LogP contribution in [0.1, 0.15) is 29.8 Å². The minimum atomic E-state index is -0.862. The number of amides is 1. The molecular weight excluding hydrogens is 380 g/mol. The van der Waals surface area contributed by atoms with Gasteiger partial charge >= 0.3 is 6.09 Å². The molecule has 1 aliphatic rings. The molecule has 1 saturated heterocycles. The van der Waals surface area contributed by atoms with Gasteiger partial charge in [0.15, 0.2) is 5.82 Å². The fourth-order valence-corrected chi connectivity index (χ4v) is 4.08. The average Bonchev–Trinajstić information content (AvgIpc) is 3.16. The van der Waals surface area contributed by atoms with E-state index in [0.717, 1.165) is 44.5 Å². The van der Waals surface area contributed by atoms with Crippen molar-refractivity contribution in [3.8, 4) is 17.2 Å². The molecule has 0 saturated carbocycles. The lowest BCUT2D eigenvalue weighted by atomic mass is 9.88. The maximum absolute atomic E-state index is 11.4. The Bertz CT molecular complexity index is 995. The number of aromatic nitrogens is 2. The third kappa shape index (κ3) is 4.86. The molecule has 2 heterocycles. The van der Waals surface area contributed by atoms with Crippen LogP contribution in [0.2, 0.25) is 0 Å². The number of hydrogen-bond donors (Lipinski definition) is 1. The van der Waals surface area contributed by atoms with E-state index in [1.165, 1.54) is 5.56 Å². The van der Waals surface area contributed by atoms with Gasteiger partial charge in [0.1, 0.15) is 5.75 Å². The molecule has 156 valence electrons. The summed E-state index contributed by atoms with van der Waals surface area (Å²) in [5, 5.41) is 3.89. The number of rotatable bonds is 6. The molecule has 0 unspecified atom stereocenters. The Morgan fingerprint density at radius 1 is 1.17 bits per heavy atom.